The van der Waals surface area contributed by atoms with Crippen molar-refractivity contribution < 1.29 is 32.2 Å². The maximum absolute atomic E-state index is 13.7. The van der Waals surface area contributed by atoms with E-state index in [9.17, 15) is 18.0 Å². The Morgan fingerprint density at radius 3 is 2.08 bits per heavy atom. The summed E-state index contributed by atoms with van der Waals surface area (Å²) in [5.41, 5.74) is 2.06. The van der Waals surface area contributed by atoms with E-state index in [-0.39, 0.29) is 27.4 Å². The highest BCUT2D eigenvalue weighted by Gasteiger charge is 2.35. The summed E-state index contributed by atoms with van der Waals surface area (Å²) in [4.78, 5) is 29.4. The summed E-state index contributed by atoms with van der Waals surface area (Å²) in [6.07, 6.45) is 0. The molecule has 1 aromatic heterocycles. The molecule has 1 atom stereocenters. The Labute approximate surface area is 229 Å². The Morgan fingerprint density at radius 1 is 0.923 bits per heavy atom. The average molecular weight is 555 g/mol. The third-order valence-corrected chi connectivity index (χ3v) is 8.15. The maximum atomic E-state index is 13.7. The minimum absolute atomic E-state index is 0.0187. The zero-order valence-corrected chi connectivity index (χ0v) is 24.0. The van der Waals surface area contributed by atoms with Gasteiger partial charge in [-0.3, -0.25) is 4.79 Å². The lowest BCUT2D eigenvalue weighted by Gasteiger charge is -2.28. The molecule has 208 valence electrons. The second-order valence-corrected chi connectivity index (χ2v) is 12.0. The van der Waals surface area contributed by atoms with Crippen LogP contribution in [0.2, 0.25) is 0 Å². The first kappa shape index (κ1) is 29.8. The van der Waals surface area contributed by atoms with Crippen LogP contribution in [-0.2, 0) is 29.7 Å². The standard InChI is InChI=1S/C29H34N2O7S/c1-19-8-14-23(15-9-19)39(34,35)31(18-26(32)36-6)20(2)27-24(28(33)37-7)16-17-25(30-27)38-22-12-10-21(11-13-22)29(3,4)5/h8-17,20H,18H2,1-7H3. The number of aromatic nitrogens is 1. The summed E-state index contributed by atoms with van der Waals surface area (Å²) in [5.74, 6) is -0.836. The molecule has 0 aliphatic carbocycles. The Balaban J connectivity index is 2.07. The predicted octanol–water partition coefficient (Wildman–Crippen LogP) is 5.19. The van der Waals surface area contributed by atoms with E-state index in [1.54, 1.807) is 12.1 Å². The molecule has 2 aromatic carbocycles. The van der Waals surface area contributed by atoms with Crippen LogP contribution in [-0.4, -0.2) is 50.4 Å². The van der Waals surface area contributed by atoms with Crippen LogP contribution in [0.5, 0.6) is 11.6 Å². The van der Waals surface area contributed by atoms with Crippen LogP contribution in [0.25, 0.3) is 0 Å². The Kier molecular flexibility index (Phi) is 9.14. The molecule has 39 heavy (non-hydrogen) atoms. The molecule has 10 heteroatoms. The lowest BCUT2D eigenvalue weighted by molar-refractivity contribution is -0.141. The number of carbonyl (C=O) groups excluding carboxylic acids is 2. The Bertz CT molecular complexity index is 1430. The normalized spacial score (nSPS) is 12.6. The third-order valence-electron chi connectivity index (χ3n) is 6.22. The van der Waals surface area contributed by atoms with E-state index in [2.05, 4.69) is 25.8 Å². The van der Waals surface area contributed by atoms with Crippen LogP contribution in [0.1, 0.15) is 60.9 Å². The molecule has 0 spiro atoms. The number of methoxy groups -OCH3 is 2. The van der Waals surface area contributed by atoms with Gasteiger partial charge in [0.2, 0.25) is 15.9 Å². The minimum atomic E-state index is -4.21. The van der Waals surface area contributed by atoms with Crippen LogP contribution < -0.4 is 4.74 Å². The van der Waals surface area contributed by atoms with Gasteiger partial charge in [-0.15, -0.1) is 0 Å². The van der Waals surface area contributed by atoms with Crippen molar-refractivity contribution in [2.75, 3.05) is 20.8 Å². The van der Waals surface area contributed by atoms with Gasteiger partial charge in [0.1, 0.15) is 12.3 Å². The lowest BCUT2D eigenvalue weighted by Crippen LogP contribution is -2.39. The molecule has 9 nitrogen and oxygen atoms in total. The van der Waals surface area contributed by atoms with Crippen molar-refractivity contribution in [2.24, 2.45) is 0 Å². The van der Waals surface area contributed by atoms with Gasteiger partial charge in [-0.05, 0) is 55.2 Å². The van der Waals surface area contributed by atoms with Crippen molar-refractivity contribution in [3.63, 3.8) is 0 Å². The Hall–Kier alpha value is -3.76. The second kappa shape index (κ2) is 12.0. The molecule has 0 radical (unpaired) electrons. The van der Waals surface area contributed by atoms with Crippen molar-refractivity contribution in [3.8, 4) is 11.6 Å². The summed E-state index contributed by atoms with van der Waals surface area (Å²) < 4.78 is 44.0. The molecule has 0 aliphatic heterocycles. The highest BCUT2D eigenvalue weighted by atomic mass is 32.2. The van der Waals surface area contributed by atoms with Crippen molar-refractivity contribution in [1.29, 1.82) is 0 Å². The summed E-state index contributed by atoms with van der Waals surface area (Å²) in [5, 5.41) is 0. The van der Waals surface area contributed by atoms with Gasteiger partial charge in [0.05, 0.1) is 36.4 Å². The molecule has 0 saturated heterocycles. The van der Waals surface area contributed by atoms with Crippen LogP contribution in [0.4, 0.5) is 0 Å². The minimum Gasteiger partial charge on any atom is -0.468 e. The molecule has 0 aliphatic rings. The molecule has 3 aromatic rings. The number of hydrogen-bond acceptors (Lipinski definition) is 8. The number of benzene rings is 2. The van der Waals surface area contributed by atoms with E-state index in [1.807, 2.05) is 31.2 Å². The van der Waals surface area contributed by atoms with Crippen LogP contribution in [0.3, 0.4) is 0 Å². The number of sulfonamides is 1. The first-order valence-corrected chi connectivity index (χ1v) is 13.7. The van der Waals surface area contributed by atoms with E-state index < -0.39 is 34.5 Å². The monoisotopic (exact) mass is 554 g/mol. The van der Waals surface area contributed by atoms with Gasteiger partial charge in [0.25, 0.3) is 0 Å². The predicted molar refractivity (Wildman–Crippen MR) is 146 cm³/mol. The quantitative estimate of drug-likeness (QED) is 0.332. The number of nitrogens with zero attached hydrogens (tertiary/aromatic N) is 2. The molecular formula is C29H34N2O7S. The number of hydrogen-bond donors (Lipinski definition) is 0. The highest BCUT2D eigenvalue weighted by molar-refractivity contribution is 7.89. The first-order valence-electron chi connectivity index (χ1n) is 12.3. The van der Waals surface area contributed by atoms with Crippen molar-refractivity contribution in [3.05, 3.63) is 83.0 Å². The summed E-state index contributed by atoms with van der Waals surface area (Å²) in [6, 6.07) is 15.6. The van der Waals surface area contributed by atoms with Gasteiger partial charge in [0.15, 0.2) is 0 Å². The largest absolute Gasteiger partial charge is 0.468 e. The van der Waals surface area contributed by atoms with Gasteiger partial charge in [0, 0.05) is 6.07 Å². The summed E-state index contributed by atoms with van der Waals surface area (Å²) in [7, 11) is -1.83. The van der Waals surface area contributed by atoms with E-state index in [0.717, 1.165) is 15.4 Å². The molecule has 1 unspecified atom stereocenters. The molecular weight excluding hydrogens is 520 g/mol. The van der Waals surface area contributed by atoms with Crippen LogP contribution >= 0.6 is 0 Å². The van der Waals surface area contributed by atoms with E-state index in [4.69, 9.17) is 14.2 Å². The van der Waals surface area contributed by atoms with E-state index in [1.165, 1.54) is 45.4 Å². The molecule has 0 saturated carbocycles. The zero-order valence-electron chi connectivity index (χ0n) is 23.2. The molecule has 0 fully saturated rings. The molecule has 1 heterocycles. The Morgan fingerprint density at radius 2 is 1.54 bits per heavy atom. The molecule has 0 N–H and O–H groups in total. The number of ether oxygens (including phenoxy) is 3. The number of esters is 2. The van der Waals surface area contributed by atoms with Crippen molar-refractivity contribution in [1.82, 2.24) is 9.29 Å². The lowest BCUT2D eigenvalue weighted by atomic mass is 9.87. The second-order valence-electron chi connectivity index (χ2n) is 10.1. The topological polar surface area (TPSA) is 112 Å². The van der Waals surface area contributed by atoms with Gasteiger partial charge in [-0.1, -0.05) is 50.6 Å². The van der Waals surface area contributed by atoms with E-state index in [0.29, 0.717) is 5.75 Å². The number of aryl methyl sites for hydroxylation is 1. The van der Waals surface area contributed by atoms with E-state index >= 15 is 0 Å². The first-order chi connectivity index (χ1) is 18.3. The molecule has 0 amide bonds. The highest BCUT2D eigenvalue weighted by Crippen LogP contribution is 2.32. The fourth-order valence-electron chi connectivity index (χ4n) is 3.86. The van der Waals surface area contributed by atoms with Crippen molar-refractivity contribution in [2.45, 2.75) is 51.0 Å². The fourth-order valence-corrected chi connectivity index (χ4v) is 5.40. The van der Waals surface area contributed by atoms with Crippen molar-refractivity contribution >= 4 is 22.0 Å². The van der Waals surface area contributed by atoms with Gasteiger partial charge >= 0.3 is 11.9 Å². The van der Waals surface area contributed by atoms with Crippen LogP contribution in [0, 0.1) is 6.92 Å². The number of rotatable bonds is 9. The molecule has 0 bridgehead atoms. The smallest absolute Gasteiger partial charge is 0.339 e. The van der Waals surface area contributed by atoms with Gasteiger partial charge < -0.3 is 14.2 Å². The SMILES string of the molecule is COC(=O)CN(C(C)c1nc(Oc2ccc(C(C)(C)C)cc2)ccc1C(=O)OC)S(=O)(=O)c1ccc(C)cc1. The van der Waals surface area contributed by atoms with Gasteiger partial charge in [-0.25, -0.2) is 18.2 Å². The fraction of sp³-hybridized carbons (Fsp3) is 0.345. The number of pyridine rings is 1. The number of carbonyl (C=O) groups is 2. The summed E-state index contributed by atoms with van der Waals surface area (Å²) in [6.45, 7) is 9.08. The third kappa shape index (κ3) is 7.01. The molecule has 3 rings (SSSR count). The van der Waals surface area contributed by atoms with Crippen LogP contribution in [0.15, 0.2) is 65.6 Å². The average Bonchev–Trinajstić information content (AvgIpc) is 2.90. The zero-order chi connectivity index (χ0) is 29.0. The summed E-state index contributed by atoms with van der Waals surface area (Å²) >= 11 is 0. The maximum Gasteiger partial charge on any atom is 0.339 e. The van der Waals surface area contributed by atoms with Gasteiger partial charge in [-0.2, -0.15) is 4.31 Å².